The number of H-pyrrole nitrogens is 1. The van der Waals surface area contributed by atoms with E-state index in [9.17, 15) is 9.59 Å². The number of esters is 1. The first-order chi connectivity index (χ1) is 17.5. The average Bonchev–Trinajstić information content (AvgIpc) is 3.31. The Morgan fingerprint density at radius 1 is 1.14 bits per heavy atom. The predicted molar refractivity (Wildman–Crippen MR) is 137 cm³/mol. The van der Waals surface area contributed by atoms with Gasteiger partial charge in [-0.15, -0.1) is 5.10 Å². The smallest absolute Gasteiger partial charge is 0.327 e. The molecule has 4 rings (SSSR count). The largest absolute Gasteiger partial charge is 0.465 e. The van der Waals surface area contributed by atoms with E-state index in [1.165, 1.54) is 10.2 Å². The van der Waals surface area contributed by atoms with Gasteiger partial charge in [0.25, 0.3) is 5.56 Å². The van der Waals surface area contributed by atoms with Crippen LogP contribution in [0.4, 0.5) is 0 Å². The standard InChI is InChI=1S/C27H32N6O3/c1-4-24(26-29-30-31-33(26)18-25(34)36-5-2)32(14-13-20-9-7-6-8-10-20)17-22-16-21-12-11-19(3)15-23(21)28-27(22)35/h6-12,15-16,24H,4-5,13-14,17-18H2,1-3H3,(H,28,35). The van der Waals surface area contributed by atoms with Crippen molar-refractivity contribution in [3.05, 3.63) is 87.5 Å². The summed E-state index contributed by atoms with van der Waals surface area (Å²) in [5.74, 6) is 0.185. The number of nitrogens with one attached hydrogen (secondary N) is 1. The highest BCUT2D eigenvalue weighted by molar-refractivity contribution is 5.79. The van der Waals surface area contributed by atoms with E-state index in [2.05, 4.69) is 44.5 Å². The van der Waals surface area contributed by atoms with Gasteiger partial charge in [-0.1, -0.05) is 49.4 Å². The second-order valence-electron chi connectivity index (χ2n) is 8.84. The molecule has 9 nitrogen and oxygen atoms in total. The maximum Gasteiger partial charge on any atom is 0.327 e. The molecule has 4 aromatic rings. The summed E-state index contributed by atoms with van der Waals surface area (Å²) < 4.78 is 6.59. The Labute approximate surface area is 210 Å². The molecular formula is C27H32N6O3. The van der Waals surface area contributed by atoms with Crippen molar-refractivity contribution >= 4 is 16.9 Å². The lowest BCUT2D eigenvalue weighted by atomic mass is 10.1. The van der Waals surface area contributed by atoms with Crippen molar-refractivity contribution in [1.82, 2.24) is 30.1 Å². The summed E-state index contributed by atoms with van der Waals surface area (Å²) in [6, 6.07) is 18.0. The zero-order chi connectivity index (χ0) is 25.5. The molecule has 0 amide bonds. The molecule has 0 radical (unpaired) electrons. The maximum atomic E-state index is 13.0. The summed E-state index contributed by atoms with van der Waals surface area (Å²) >= 11 is 0. The van der Waals surface area contributed by atoms with Crippen LogP contribution in [0, 0.1) is 6.92 Å². The summed E-state index contributed by atoms with van der Waals surface area (Å²) in [6.07, 6.45) is 1.49. The number of pyridine rings is 1. The number of rotatable bonds is 11. The van der Waals surface area contributed by atoms with Gasteiger partial charge in [-0.3, -0.25) is 14.5 Å². The third-order valence-corrected chi connectivity index (χ3v) is 6.25. The second kappa shape index (κ2) is 11.7. The number of aromatic nitrogens is 5. The lowest BCUT2D eigenvalue weighted by Gasteiger charge is -2.30. The second-order valence-corrected chi connectivity index (χ2v) is 8.84. The van der Waals surface area contributed by atoms with Gasteiger partial charge in [0, 0.05) is 24.2 Å². The van der Waals surface area contributed by atoms with E-state index in [4.69, 9.17) is 4.74 Å². The van der Waals surface area contributed by atoms with Crippen molar-refractivity contribution in [3.63, 3.8) is 0 Å². The number of carbonyl (C=O) groups is 1. The third-order valence-electron chi connectivity index (χ3n) is 6.25. The number of hydrogen-bond acceptors (Lipinski definition) is 7. The molecule has 36 heavy (non-hydrogen) atoms. The molecule has 1 unspecified atom stereocenters. The molecule has 2 heterocycles. The minimum Gasteiger partial charge on any atom is -0.465 e. The van der Waals surface area contributed by atoms with Crippen LogP contribution >= 0.6 is 0 Å². The van der Waals surface area contributed by atoms with Crippen molar-refractivity contribution in [2.24, 2.45) is 0 Å². The fourth-order valence-electron chi connectivity index (χ4n) is 4.45. The highest BCUT2D eigenvalue weighted by atomic mass is 16.5. The maximum absolute atomic E-state index is 13.0. The molecule has 0 bridgehead atoms. The Hall–Kier alpha value is -3.85. The first kappa shape index (κ1) is 25.2. The van der Waals surface area contributed by atoms with Crippen molar-refractivity contribution in [3.8, 4) is 0 Å². The summed E-state index contributed by atoms with van der Waals surface area (Å²) in [6.45, 7) is 7.15. The first-order valence-corrected chi connectivity index (χ1v) is 12.3. The Kier molecular flexibility index (Phi) is 8.22. The van der Waals surface area contributed by atoms with Crippen LogP contribution in [-0.4, -0.2) is 49.2 Å². The molecule has 188 valence electrons. The van der Waals surface area contributed by atoms with E-state index >= 15 is 0 Å². The van der Waals surface area contributed by atoms with E-state index in [1.807, 2.05) is 49.4 Å². The Morgan fingerprint density at radius 3 is 2.69 bits per heavy atom. The third kappa shape index (κ3) is 6.04. The van der Waals surface area contributed by atoms with E-state index in [-0.39, 0.29) is 18.1 Å². The number of benzene rings is 2. The molecule has 0 aliphatic rings. The normalized spacial score (nSPS) is 12.2. The van der Waals surface area contributed by atoms with Gasteiger partial charge < -0.3 is 9.72 Å². The molecule has 0 saturated carbocycles. The highest BCUT2D eigenvalue weighted by Crippen LogP contribution is 2.25. The number of tetrazole rings is 1. The molecule has 0 spiro atoms. The quantitative estimate of drug-likeness (QED) is 0.322. The number of ether oxygens (including phenoxy) is 1. The van der Waals surface area contributed by atoms with Gasteiger partial charge in [-0.25, -0.2) is 4.68 Å². The molecule has 0 fully saturated rings. The Morgan fingerprint density at radius 2 is 1.94 bits per heavy atom. The number of aryl methyl sites for hydroxylation is 1. The van der Waals surface area contributed by atoms with Crippen LogP contribution in [0.5, 0.6) is 0 Å². The molecule has 0 aliphatic carbocycles. The molecule has 9 heteroatoms. The Balaban J connectivity index is 1.67. The van der Waals surface area contributed by atoms with E-state index in [0.717, 1.165) is 22.9 Å². The lowest BCUT2D eigenvalue weighted by molar-refractivity contribution is -0.144. The van der Waals surface area contributed by atoms with E-state index in [1.54, 1.807) is 6.92 Å². The number of aromatic amines is 1. The van der Waals surface area contributed by atoms with Crippen LogP contribution in [0.25, 0.3) is 10.9 Å². The molecule has 2 aromatic heterocycles. The molecule has 2 aromatic carbocycles. The van der Waals surface area contributed by atoms with Crippen molar-refractivity contribution < 1.29 is 9.53 Å². The summed E-state index contributed by atoms with van der Waals surface area (Å²) in [5.41, 5.74) is 3.67. The highest BCUT2D eigenvalue weighted by Gasteiger charge is 2.26. The van der Waals surface area contributed by atoms with E-state index < -0.39 is 5.97 Å². The van der Waals surface area contributed by atoms with Gasteiger partial charge in [0.05, 0.1) is 12.6 Å². The average molecular weight is 489 g/mol. The number of hydrogen-bond donors (Lipinski definition) is 1. The molecule has 0 saturated heterocycles. The molecule has 0 aliphatic heterocycles. The summed E-state index contributed by atoms with van der Waals surface area (Å²) in [4.78, 5) is 30.4. The zero-order valence-corrected chi connectivity index (χ0v) is 21.0. The zero-order valence-electron chi connectivity index (χ0n) is 21.0. The number of carbonyl (C=O) groups excluding carboxylic acids is 1. The Bertz CT molecular complexity index is 1360. The fourth-order valence-corrected chi connectivity index (χ4v) is 4.45. The topological polar surface area (TPSA) is 106 Å². The van der Waals surface area contributed by atoms with Gasteiger partial charge >= 0.3 is 5.97 Å². The summed E-state index contributed by atoms with van der Waals surface area (Å²) in [7, 11) is 0. The molecule has 1 atom stereocenters. The monoisotopic (exact) mass is 488 g/mol. The fraction of sp³-hybridized carbons (Fsp3) is 0.370. The van der Waals surface area contributed by atoms with Gasteiger partial charge in [-0.05, 0) is 65.8 Å². The predicted octanol–water partition coefficient (Wildman–Crippen LogP) is 3.58. The van der Waals surface area contributed by atoms with Crippen LogP contribution in [0.1, 0.15) is 48.8 Å². The van der Waals surface area contributed by atoms with Crippen LogP contribution in [0.3, 0.4) is 0 Å². The molecule has 1 N–H and O–H groups in total. The van der Waals surface area contributed by atoms with Crippen molar-refractivity contribution in [2.45, 2.75) is 52.7 Å². The van der Waals surface area contributed by atoms with Gasteiger partial charge in [0.1, 0.15) is 6.54 Å². The van der Waals surface area contributed by atoms with Crippen LogP contribution < -0.4 is 5.56 Å². The SMILES string of the molecule is CCOC(=O)Cn1nnnc1C(CC)N(CCc1ccccc1)Cc1cc2ccc(C)cc2[nH]c1=O. The minimum atomic E-state index is -0.391. The number of nitrogens with zero attached hydrogens (tertiary/aromatic N) is 5. The van der Waals surface area contributed by atoms with Crippen LogP contribution in [0.2, 0.25) is 0 Å². The summed E-state index contributed by atoms with van der Waals surface area (Å²) in [5, 5.41) is 13.1. The van der Waals surface area contributed by atoms with E-state index in [0.29, 0.717) is 37.5 Å². The van der Waals surface area contributed by atoms with Gasteiger partial charge in [-0.2, -0.15) is 0 Å². The van der Waals surface area contributed by atoms with Crippen LogP contribution in [-0.2, 0) is 29.0 Å². The van der Waals surface area contributed by atoms with Gasteiger partial charge in [0.15, 0.2) is 5.82 Å². The van der Waals surface area contributed by atoms with Crippen molar-refractivity contribution in [1.29, 1.82) is 0 Å². The number of fused-ring (bicyclic) bond motifs is 1. The van der Waals surface area contributed by atoms with Crippen molar-refractivity contribution in [2.75, 3.05) is 13.2 Å². The lowest BCUT2D eigenvalue weighted by Crippen LogP contribution is -2.34. The van der Waals surface area contributed by atoms with Gasteiger partial charge in [0.2, 0.25) is 0 Å². The first-order valence-electron chi connectivity index (χ1n) is 12.3. The van der Waals surface area contributed by atoms with Crippen LogP contribution in [0.15, 0.2) is 59.4 Å². The minimum absolute atomic E-state index is 0.0604. The molecular weight excluding hydrogens is 456 g/mol.